The van der Waals surface area contributed by atoms with Crippen LogP contribution in [0.25, 0.3) is 6.08 Å². The fourth-order valence-electron chi connectivity index (χ4n) is 4.46. The Balaban J connectivity index is 0.00000320. The smallest absolute Gasteiger partial charge is 0.243 e. The number of guanidine groups is 1. The summed E-state index contributed by atoms with van der Waals surface area (Å²) in [5, 5.41) is 3.07. The van der Waals surface area contributed by atoms with E-state index >= 15 is 0 Å². The molecule has 0 aliphatic carbocycles. The maximum absolute atomic E-state index is 14.1. The molecular formula is C27H25ClF2N4O2S. The summed E-state index contributed by atoms with van der Waals surface area (Å²) >= 11 is 0. The van der Waals surface area contributed by atoms with Crippen LogP contribution in [0.3, 0.4) is 0 Å². The van der Waals surface area contributed by atoms with Crippen molar-refractivity contribution in [2.75, 3.05) is 13.1 Å². The molecule has 0 aromatic heterocycles. The van der Waals surface area contributed by atoms with Gasteiger partial charge in [0.15, 0.2) is 5.96 Å². The highest BCUT2D eigenvalue weighted by Gasteiger charge is 2.37. The molecule has 2 aliphatic rings. The molecule has 0 bridgehead atoms. The zero-order valence-electron chi connectivity index (χ0n) is 19.9. The van der Waals surface area contributed by atoms with Crippen LogP contribution in [0.5, 0.6) is 0 Å². The van der Waals surface area contributed by atoms with Crippen LogP contribution < -0.4 is 11.1 Å². The number of hydrogen-bond donors (Lipinski definition) is 2. The van der Waals surface area contributed by atoms with Gasteiger partial charge in [-0.3, -0.25) is 0 Å². The summed E-state index contributed by atoms with van der Waals surface area (Å²) in [6, 6.07) is 18.0. The number of benzene rings is 3. The Bertz CT molecular complexity index is 1540. The Morgan fingerprint density at radius 3 is 2.35 bits per heavy atom. The summed E-state index contributed by atoms with van der Waals surface area (Å²) in [7, 11) is -3.89. The zero-order valence-corrected chi connectivity index (χ0v) is 21.5. The van der Waals surface area contributed by atoms with Gasteiger partial charge in [-0.25, -0.2) is 22.2 Å². The van der Waals surface area contributed by atoms with Crippen molar-refractivity contribution in [2.24, 2.45) is 10.7 Å². The minimum Gasteiger partial charge on any atom is -0.370 e. The van der Waals surface area contributed by atoms with E-state index in [2.05, 4.69) is 10.3 Å². The minimum absolute atomic E-state index is 0. The molecule has 3 aromatic carbocycles. The third kappa shape index (κ3) is 5.44. The average Bonchev–Trinajstić information content (AvgIpc) is 2.84. The van der Waals surface area contributed by atoms with Crippen LogP contribution >= 0.6 is 12.4 Å². The van der Waals surface area contributed by atoms with E-state index in [1.807, 2.05) is 6.92 Å². The molecule has 37 heavy (non-hydrogen) atoms. The molecule has 6 nitrogen and oxygen atoms in total. The topological polar surface area (TPSA) is 87.8 Å². The molecule has 3 N–H and O–H groups in total. The second-order valence-corrected chi connectivity index (χ2v) is 10.7. The lowest BCUT2D eigenvalue weighted by Gasteiger charge is -2.37. The molecule has 0 radical (unpaired) electrons. The first kappa shape index (κ1) is 26.5. The van der Waals surface area contributed by atoms with Crippen molar-refractivity contribution in [3.05, 3.63) is 118 Å². The van der Waals surface area contributed by atoms with Crippen LogP contribution in [0.4, 0.5) is 8.78 Å². The van der Waals surface area contributed by atoms with Gasteiger partial charge in [0.2, 0.25) is 10.0 Å². The van der Waals surface area contributed by atoms with Crippen LogP contribution in [-0.4, -0.2) is 31.8 Å². The lowest BCUT2D eigenvalue weighted by Crippen LogP contribution is -2.46. The maximum Gasteiger partial charge on any atom is 0.243 e. The number of halogens is 3. The minimum atomic E-state index is -3.89. The molecule has 2 aliphatic heterocycles. The van der Waals surface area contributed by atoms with Crippen molar-refractivity contribution in [3.8, 4) is 0 Å². The van der Waals surface area contributed by atoms with Crippen LogP contribution in [0, 0.1) is 18.6 Å². The summed E-state index contributed by atoms with van der Waals surface area (Å²) in [6.07, 6.45) is 1.73. The highest BCUT2D eigenvalue weighted by atomic mass is 35.5. The van der Waals surface area contributed by atoms with Crippen LogP contribution in [0.1, 0.15) is 22.7 Å². The van der Waals surface area contributed by atoms with E-state index in [9.17, 15) is 17.2 Å². The molecular weight excluding hydrogens is 518 g/mol. The third-order valence-corrected chi connectivity index (χ3v) is 8.01. The Labute approximate surface area is 220 Å². The maximum atomic E-state index is 14.1. The monoisotopic (exact) mass is 542 g/mol. The van der Waals surface area contributed by atoms with Gasteiger partial charge in [0, 0.05) is 18.8 Å². The first-order valence-electron chi connectivity index (χ1n) is 11.3. The van der Waals surface area contributed by atoms with Crippen LogP contribution in [0.15, 0.2) is 99.5 Å². The predicted octanol–water partition coefficient (Wildman–Crippen LogP) is 4.70. The van der Waals surface area contributed by atoms with Crippen molar-refractivity contribution in [2.45, 2.75) is 17.9 Å². The van der Waals surface area contributed by atoms with Crippen LogP contribution in [-0.2, 0) is 10.0 Å². The quantitative estimate of drug-likeness (QED) is 0.500. The molecule has 0 saturated carbocycles. The number of rotatable bonds is 4. The number of nitrogens with zero attached hydrogens (tertiary/aromatic N) is 2. The average molecular weight is 543 g/mol. The van der Waals surface area contributed by atoms with E-state index in [0.29, 0.717) is 28.0 Å². The van der Waals surface area contributed by atoms with Crippen LogP contribution in [0.2, 0.25) is 0 Å². The largest absolute Gasteiger partial charge is 0.370 e. The van der Waals surface area contributed by atoms with E-state index in [1.54, 1.807) is 54.6 Å². The van der Waals surface area contributed by atoms with E-state index in [0.717, 1.165) is 5.56 Å². The van der Waals surface area contributed by atoms with Gasteiger partial charge in [0.05, 0.1) is 4.90 Å². The van der Waals surface area contributed by atoms with Crippen molar-refractivity contribution in [3.63, 3.8) is 0 Å². The third-order valence-electron chi connectivity index (χ3n) is 6.20. The fourth-order valence-corrected chi connectivity index (χ4v) is 5.85. The molecule has 0 spiro atoms. The number of aryl methyl sites for hydroxylation is 1. The Hall–Kier alpha value is -3.53. The molecule has 3 aromatic rings. The summed E-state index contributed by atoms with van der Waals surface area (Å²) < 4.78 is 56.7. The molecule has 5 rings (SSSR count). The Kier molecular flexibility index (Phi) is 7.49. The summed E-state index contributed by atoms with van der Waals surface area (Å²) in [4.78, 5) is 4.65. The van der Waals surface area contributed by atoms with E-state index in [-0.39, 0.29) is 36.4 Å². The SMILES string of the molecule is Cc1ccc(S(=O)(=O)N2CC3=C(NC(N)=NC3c3cccc(F)c3)/C(=C/c3cccc(F)c3)C2)cc1.Cl. The number of nitrogens with two attached hydrogens (primary N) is 1. The Morgan fingerprint density at radius 1 is 1.00 bits per heavy atom. The van der Waals surface area contributed by atoms with Gasteiger partial charge >= 0.3 is 0 Å². The number of aliphatic imine (C=N–C) groups is 1. The lowest BCUT2D eigenvalue weighted by atomic mass is 9.90. The van der Waals surface area contributed by atoms with E-state index in [1.165, 1.54) is 28.6 Å². The second kappa shape index (κ2) is 10.5. The van der Waals surface area contributed by atoms with Gasteiger partial charge in [-0.15, -0.1) is 12.4 Å². The number of nitrogens with one attached hydrogen (secondary N) is 1. The molecule has 0 fully saturated rings. The summed E-state index contributed by atoms with van der Waals surface area (Å²) in [5.41, 5.74) is 9.99. The first-order chi connectivity index (χ1) is 17.2. The molecule has 0 amide bonds. The van der Waals surface area contributed by atoms with Gasteiger partial charge in [-0.2, -0.15) is 4.31 Å². The molecule has 1 unspecified atom stereocenters. The van der Waals surface area contributed by atoms with Crippen molar-refractivity contribution in [1.29, 1.82) is 0 Å². The number of sulfonamides is 1. The molecule has 2 heterocycles. The van der Waals surface area contributed by atoms with E-state index in [4.69, 9.17) is 5.73 Å². The summed E-state index contributed by atoms with van der Waals surface area (Å²) in [6.45, 7) is 1.94. The molecule has 0 saturated heterocycles. The van der Waals surface area contributed by atoms with Gasteiger partial charge < -0.3 is 11.1 Å². The zero-order chi connectivity index (χ0) is 25.4. The van der Waals surface area contributed by atoms with Gasteiger partial charge in [0.25, 0.3) is 0 Å². The van der Waals surface area contributed by atoms with E-state index < -0.39 is 27.7 Å². The molecule has 1 atom stereocenters. The van der Waals surface area contributed by atoms with Crippen molar-refractivity contribution >= 4 is 34.5 Å². The Morgan fingerprint density at radius 2 is 1.68 bits per heavy atom. The van der Waals surface area contributed by atoms with Crippen molar-refractivity contribution < 1.29 is 17.2 Å². The lowest BCUT2D eigenvalue weighted by molar-refractivity contribution is 0.436. The second-order valence-electron chi connectivity index (χ2n) is 8.81. The number of hydrogen-bond acceptors (Lipinski definition) is 5. The van der Waals surface area contributed by atoms with Crippen molar-refractivity contribution in [1.82, 2.24) is 9.62 Å². The first-order valence-corrected chi connectivity index (χ1v) is 12.8. The predicted molar refractivity (Wildman–Crippen MR) is 142 cm³/mol. The highest BCUT2D eigenvalue weighted by Crippen LogP contribution is 2.38. The fraction of sp³-hybridized carbons (Fsp3) is 0.148. The van der Waals surface area contributed by atoms with Gasteiger partial charge in [-0.1, -0.05) is 42.0 Å². The van der Waals surface area contributed by atoms with Gasteiger partial charge in [0.1, 0.15) is 17.7 Å². The normalized spacial score (nSPS) is 19.1. The highest BCUT2D eigenvalue weighted by molar-refractivity contribution is 7.89. The molecule has 192 valence electrons. The molecule has 10 heteroatoms. The van der Waals surface area contributed by atoms with Gasteiger partial charge in [-0.05, 0) is 71.7 Å². The standard InChI is InChI=1S/C27H24F2N4O2S.ClH/c1-17-8-10-23(11-9-17)36(34,35)33-15-20(12-18-4-2-6-21(28)13-18)26-24(16-33)25(31-27(30)32-26)19-5-3-7-22(29)14-19;/h2-14,25H,15-16H2,1H3,(H3,30,31,32);1H/b20-12+;. The summed E-state index contributed by atoms with van der Waals surface area (Å²) in [5.74, 6) is -0.714.